The van der Waals surface area contributed by atoms with Crippen LogP contribution in [0, 0.1) is 5.41 Å². The number of aromatic amines is 1. The van der Waals surface area contributed by atoms with Gasteiger partial charge in [-0.1, -0.05) is 19.1 Å². The SMILES string of the molecule is CC1(CN)CCN(C(=O)c2cccc3cn[nH]c23)C1.Cl. The first-order valence-corrected chi connectivity index (χ1v) is 6.54. The standard InChI is InChI=1S/C14H18N4O.ClH/c1-14(8-15)5-6-18(9-14)13(19)11-4-2-3-10-7-16-17-12(10)11;/h2-4,7H,5-6,8-9,15H2,1H3,(H,16,17);1H. The van der Waals surface area contributed by atoms with Gasteiger partial charge in [-0.15, -0.1) is 12.4 Å². The number of aromatic nitrogens is 2. The van der Waals surface area contributed by atoms with E-state index in [2.05, 4.69) is 17.1 Å². The molecular formula is C14H19ClN4O. The summed E-state index contributed by atoms with van der Waals surface area (Å²) >= 11 is 0. The highest BCUT2D eigenvalue weighted by atomic mass is 35.5. The number of halogens is 1. The maximum absolute atomic E-state index is 12.6. The number of nitrogens with one attached hydrogen (secondary N) is 1. The van der Waals surface area contributed by atoms with Gasteiger partial charge in [0.2, 0.25) is 0 Å². The molecule has 6 heteroatoms. The van der Waals surface area contributed by atoms with Gasteiger partial charge in [-0.05, 0) is 24.4 Å². The van der Waals surface area contributed by atoms with Crippen LogP contribution in [-0.4, -0.2) is 40.6 Å². The first-order chi connectivity index (χ1) is 9.13. The van der Waals surface area contributed by atoms with Crippen LogP contribution in [0.1, 0.15) is 23.7 Å². The predicted octanol–water partition coefficient (Wildman–Crippen LogP) is 1.80. The van der Waals surface area contributed by atoms with Crippen LogP contribution in [-0.2, 0) is 0 Å². The lowest BCUT2D eigenvalue weighted by atomic mass is 9.90. The second-order valence-corrected chi connectivity index (χ2v) is 5.63. The van der Waals surface area contributed by atoms with E-state index in [9.17, 15) is 4.79 Å². The van der Waals surface area contributed by atoms with Gasteiger partial charge in [-0.25, -0.2) is 0 Å². The van der Waals surface area contributed by atoms with Crippen molar-refractivity contribution >= 4 is 29.2 Å². The fourth-order valence-corrected chi connectivity index (χ4v) is 2.68. The average Bonchev–Trinajstić information content (AvgIpc) is 3.04. The van der Waals surface area contributed by atoms with Gasteiger partial charge in [0.1, 0.15) is 0 Å². The number of benzene rings is 1. The largest absolute Gasteiger partial charge is 0.338 e. The summed E-state index contributed by atoms with van der Waals surface area (Å²) < 4.78 is 0. The molecule has 1 aromatic carbocycles. The van der Waals surface area contributed by atoms with Gasteiger partial charge in [0, 0.05) is 18.5 Å². The molecule has 2 heterocycles. The van der Waals surface area contributed by atoms with Gasteiger partial charge in [-0.2, -0.15) is 5.10 Å². The molecule has 0 saturated carbocycles. The molecule has 1 aromatic heterocycles. The summed E-state index contributed by atoms with van der Waals surface area (Å²) in [5.41, 5.74) is 7.35. The van der Waals surface area contributed by atoms with E-state index < -0.39 is 0 Å². The van der Waals surface area contributed by atoms with Gasteiger partial charge in [0.15, 0.2) is 0 Å². The fourth-order valence-electron chi connectivity index (χ4n) is 2.68. The Hall–Kier alpha value is -1.59. The summed E-state index contributed by atoms with van der Waals surface area (Å²) in [5, 5.41) is 7.87. The lowest BCUT2D eigenvalue weighted by Gasteiger charge is -2.22. The highest BCUT2D eigenvalue weighted by molar-refractivity contribution is 6.05. The van der Waals surface area contributed by atoms with Crippen LogP contribution in [0.2, 0.25) is 0 Å². The molecule has 108 valence electrons. The molecule has 1 atom stereocenters. The van der Waals surface area contributed by atoms with Crippen molar-refractivity contribution < 1.29 is 4.79 Å². The molecule has 1 amide bonds. The molecule has 0 bridgehead atoms. The van der Waals surface area contributed by atoms with E-state index in [0.717, 1.165) is 30.4 Å². The van der Waals surface area contributed by atoms with Crippen molar-refractivity contribution in [2.24, 2.45) is 11.1 Å². The zero-order valence-corrected chi connectivity index (χ0v) is 12.2. The minimum absolute atomic E-state index is 0. The third kappa shape index (κ3) is 2.39. The quantitative estimate of drug-likeness (QED) is 0.887. The van der Waals surface area contributed by atoms with Crippen molar-refractivity contribution in [2.75, 3.05) is 19.6 Å². The lowest BCUT2D eigenvalue weighted by molar-refractivity contribution is 0.0778. The van der Waals surface area contributed by atoms with Gasteiger partial charge in [-0.3, -0.25) is 9.89 Å². The van der Waals surface area contributed by atoms with Crippen molar-refractivity contribution in [2.45, 2.75) is 13.3 Å². The average molecular weight is 295 g/mol. The highest BCUT2D eigenvalue weighted by Gasteiger charge is 2.35. The van der Waals surface area contributed by atoms with Gasteiger partial charge in [0.05, 0.1) is 17.3 Å². The molecule has 1 aliphatic heterocycles. The maximum Gasteiger partial charge on any atom is 0.256 e. The molecule has 3 rings (SSSR count). The van der Waals surface area contributed by atoms with E-state index in [1.807, 2.05) is 23.1 Å². The fraction of sp³-hybridized carbons (Fsp3) is 0.429. The first-order valence-electron chi connectivity index (χ1n) is 6.54. The number of nitrogens with zero attached hydrogens (tertiary/aromatic N) is 2. The number of H-pyrrole nitrogens is 1. The van der Waals surface area contributed by atoms with Crippen LogP contribution in [0.4, 0.5) is 0 Å². The van der Waals surface area contributed by atoms with Crippen LogP contribution in [0.25, 0.3) is 10.9 Å². The smallest absolute Gasteiger partial charge is 0.256 e. The highest BCUT2D eigenvalue weighted by Crippen LogP contribution is 2.30. The van der Waals surface area contributed by atoms with Crippen LogP contribution in [0.3, 0.4) is 0 Å². The molecule has 1 saturated heterocycles. The number of rotatable bonds is 2. The molecule has 5 nitrogen and oxygen atoms in total. The molecule has 1 fully saturated rings. The number of hydrogen-bond acceptors (Lipinski definition) is 3. The Morgan fingerprint density at radius 3 is 3.05 bits per heavy atom. The van der Waals surface area contributed by atoms with Crippen molar-refractivity contribution in [1.29, 1.82) is 0 Å². The van der Waals surface area contributed by atoms with Crippen molar-refractivity contribution in [3.05, 3.63) is 30.0 Å². The Bertz CT molecular complexity index is 626. The summed E-state index contributed by atoms with van der Waals surface area (Å²) in [5.74, 6) is 0.0621. The number of carbonyl (C=O) groups excluding carboxylic acids is 1. The van der Waals surface area contributed by atoms with Crippen LogP contribution in [0.15, 0.2) is 24.4 Å². The Kier molecular flexibility index (Phi) is 4.01. The summed E-state index contributed by atoms with van der Waals surface area (Å²) in [4.78, 5) is 14.5. The second kappa shape index (κ2) is 5.42. The van der Waals surface area contributed by atoms with Crippen LogP contribution in [0.5, 0.6) is 0 Å². The Labute approximate surface area is 123 Å². The Morgan fingerprint density at radius 2 is 2.35 bits per heavy atom. The van der Waals surface area contributed by atoms with Crippen LogP contribution >= 0.6 is 12.4 Å². The number of amides is 1. The summed E-state index contributed by atoms with van der Waals surface area (Å²) in [6, 6.07) is 5.69. The number of hydrogen-bond donors (Lipinski definition) is 2. The van der Waals surface area contributed by atoms with Crippen molar-refractivity contribution in [3.63, 3.8) is 0 Å². The van der Waals surface area contributed by atoms with Gasteiger partial charge in [0.25, 0.3) is 5.91 Å². The minimum Gasteiger partial charge on any atom is -0.338 e. The molecular weight excluding hydrogens is 276 g/mol. The molecule has 0 spiro atoms. The summed E-state index contributed by atoms with van der Waals surface area (Å²) in [7, 11) is 0. The van der Waals surface area contributed by atoms with Gasteiger partial charge < -0.3 is 10.6 Å². The molecule has 1 aliphatic rings. The lowest BCUT2D eigenvalue weighted by Crippen LogP contribution is -2.34. The molecule has 20 heavy (non-hydrogen) atoms. The number of nitrogens with two attached hydrogens (primary N) is 1. The third-order valence-corrected chi connectivity index (χ3v) is 4.04. The zero-order valence-electron chi connectivity index (χ0n) is 11.4. The molecule has 1 unspecified atom stereocenters. The topological polar surface area (TPSA) is 75.0 Å². The summed E-state index contributed by atoms with van der Waals surface area (Å²) in [6.45, 7) is 4.26. The predicted molar refractivity (Wildman–Crippen MR) is 81.0 cm³/mol. The van der Waals surface area contributed by atoms with Crippen LogP contribution < -0.4 is 5.73 Å². The second-order valence-electron chi connectivity index (χ2n) is 5.63. The zero-order chi connectivity index (χ0) is 13.5. The van der Waals surface area contributed by atoms with Crippen molar-refractivity contribution in [1.82, 2.24) is 15.1 Å². The molecule has 3 N–H and O–H groups in total. The maximum atomic E-state index is 12.6. The Balaban J connectivity index is 0.00000147. The molecule has 0 aliphatic carbocycles. The van der Waals surface area contributed by atoms with E-state index in [0.29, 0.717) is 12.1 Å². The normalized spacial score (nSPS) is 22.0. The number of carbonyl (C=O) groups is 1. The van der Waals surface area contributed by atoms with Gasteiger partial charge >= 0.3 is 0 Å². The Morgan fingerprint density at radius 1 is 1.55 bits per heavy atom. The minimum atomic E-state index is 0. The number of likely N-dealkylation sites (tertiary alicyclic amines) is 1. The van der Waals surface area contributed by atoms with E-state index in [1.54, 1.807) is 6.20 Å². The van der Waals surface area contributed by atoms with E-state index in [1.165, 1.54) is 0 Å². The number of para-hydroxylation sites is 1. The molecule has 2 aromatic rings. The van der Waals surface area contributed by atoms with E-state index in [4.69, 9.17) is 5.73 Å². The van der Waals surface area contributed by atoms with Crippen molar-refractivity contribution in [3.8, 4) is 0 Å². The number of fused-ring (bicyclic) bond motifs is 1. The summed E-state index contributed by atoms with van der Waals surface area (Å²) in [6.07, 6.45) is 2.70. The van der Waals surface area contributed by atoms with E-state index >= 15 is 0 Å². The first kappa shape index (κ1) is 14.8. The monoisotopic (exact) mass is 294 g/mol. The van der Waals surface area contributed by atoms with E-state index in [-0.39, 0.29) is 23.7 Å². The molecule has 0 radical (unpaired) electrons. The third-order valence-electron chi connectivity index (χ3n) is 4.04.